The third-order valence-corrected chi connectivity index (χ3v) is 5.13. The maximum atomic E-state index is 13.2. The molecule has 26 heavy (non-hydrogen) atoms. The molecule has 2 aromatic rings. The SMILES string of the molecule is Cl.O=C1NCc2cc(OC[C@@H]3CNCC[C@H]3c3ccc(F)cc3)ccc21. The van der Waals surface area contributed by atoms with Crippen molar-refractivity contribution in [3.05, 3.63) is 65.0 Å². The van der Waals surface area contributed by atoms with Gasteiger partial charge in [0.05, 0.1) is 6.61 Å². The van der Waals surface area contributed by atoms with Gasteiger partial charge in [0.2, 0.25) is 0 Å². The number of hydrogen-bond donors (Lipinski definition) is 2. The molecule has 0 aliphatic carbocycles. The number of benzene rings is 2. The van der Waals surface area contributed by atoms with Crippen molar-refractivity contribution < 1.29 is 13.9 Å². The van der Waals surface area contributed by atoms with Crippen LogP contribution in [0, 0.1) is 11.7 Å². The van der Waals surface area contributed by atoms with Gasteiger partial charge in [0, 0.05) is 24.6 Å². The normalized spacial score (nSPS) is 21.5. The fourth-order valence-corrected chi connectivity index (χ4v) is 3.75. The zero-order valence-corrected chi connectivity index (χ0v) is 15.2. The molecule has 2 atom stereocenters. The highest BCUT2D eigenvalue weighted by Gasteiger charge is 2.27. The van der Waals surface area contributed by atoms with E-state index in [0.717, 1.165) is 36.4 Å². The molecular weight excluding hydrogens is 355 g/mol. The smallest absolute Gasteiger partial charge is 0.251 e. The number of rotatable bonds is 4. The quantitative estimate of drug-likeness (QED) is 0.861. The van der Waals surface area contributed by atoms with Crippen molar-refractivity contribution >= 4 is 18.3 Å². The van der Waals surface area contributed by atoms with Crippen LogP contribution in [0.3, 0.4) is 0 Å². The minimum Gasteiger partial charge on any atom is -0.493 e. The number of ether oxygens (including phenoxy) is 1. The van der Waals surface area contributed by atoms with Gasteiger partial charge in [-0.25, -0.2) is 4.39 Å². The van der Waals surface area contributed by atoms with Gasteiger partial charge in [-0.2, -0.15) is 0 Å². The molecule has 0 bridgehead atoms. The molecule has 0 saturated carbocycles. The molecule has 2 heterocycles. The number of halogens is 2. The Morgan fingerprint density at radius 3 is 2.77 bits per heavy atom. The molecule has 0 aromatic heterocycles. The van der Waals surface area contributed by atoms with Crippen LogP contribution in [0.5, 0.6) is 5.75 Å². The van der Waals surface area contributed by atoms with Gasteiger partial charge in [0.25, 0.3) is 5.91 Å². The first-order valence-electron chi connectivity index (χ1n) is 8.71. The second-order valence-corrected chi connectivity index (χ2v) is 6.72. The largest absolute Gasteiger partial charge is 0.493 e. The van der Waals surface area contributed by atoms with Gasteiger partial charge in [-0.05, 0) is 60.3 Å². The van der Waals surface area contributed by atoms with Crippen LogP contribution < -0.4 is 15.4 Å². The highest BCUT2D eigenvalue weighted by Crippen LogP contribution is 2.31. The standard InChI is InChI=1S/C20H21FN2O2.ClH/c21-16-3-1-13(2-4-16)18-7-8-22-10-15(18)12-25-17-5-6-19-14(9-17)11-23-20(19)24;/h1-6,9,15,18,22H,7-8,10-12H2,(H,23,24);1H/t15-,18-;/m0./s1. The molecule has 4 nitrogen and oxygen atoms in total. The average molecular weight is 377 g/mol. The van der Waals surface area contributed by atoms with Crippen molar-refractivity contribution in [2.45, 2.75) is 18.9 Å². The summed E-state index contributed by atoms with van der Waals surface area (Å²) in [4.78, 5) is 11.6. The molecule has 4 rings (SSSR count). The zero-order valence-electron chi connectivity index (χ0n) is 14.3. The van der Waals surface area contributed by atoms with E-state index in [9.17, 15) is 9.18 Å². The Hall–Kier alpha value is -2.11. The lowest BCUT2D eigenvalue weighted by Crippen LogP contribution is -2.38. The molecule has 0 spiro atoms. The maximum absolute atomic E-state index is 13.2. The van der Waals surface area contributed by atoms with E-state index >= 15 is 0 Å². The van der Waals surface area contributed by atoms with Gasteiger partial charge in [0.15, 0.2) is 0 Å². The molecule has 2 aliphatic heterocycles. The predicted octanol–water partition coefficient (Wildman–Crippen LogP) is 3.26. The maximum Gasteiger partial charge on any atom is 0.251 e. The Balaban J connectivity index is 0.00000196. The number of nitrogens with one attached hydrogen (secondary N) is 2. The molecule has 0 radical (unpaired) electrons. The third-order valence-electron chi connectivity index (χ3n) is 5.13. The summed E-state index contributed by atoms with van der Waals surface area (Å²) in [5, 5.41) is 6.24. The summed E-state index contributed by atoms with van der Waals surface area (Å²) in [6, 6.07) is 12.4. The molecule has 1 saturated heterocycles. The number of carbonyl (C=O) groups is 1. The van der Waals surface area contributed by atoms with Gasteiger partial charge in [-0.3, -0.25) is 4.79 Å². The summed E-state index contributed by atoms with van der Waals surface area (Å²) in [5.74, 6) is 1.26. The van der Waals surface area contributed by atoms with Crippen LogP contribution in [0.25, 0.3) is 0 Å². The first-order valence-corrected chi connectivity index (χ1v) is 8.71. The lowest BCUT2D eigenvalue weighted by atomic mass is 9.81. The van der Waals surface area contributed by atoms with Crippen LogP contribution >= 0.6 is 12.4 Å². The lowest BCUT2D eigenvalue weighted by molar-refractivity contribution is 0.0966. The minimum atomic E-state index is -0.202. The monoisotopic (exact) mass is 376 g/mol. The van der Waals surface area contributed by atoms with Gasteiger partial charge in [-0.1, -0.05) is 12.1 Å². The third kappa shape index (κ3) is 3.84. The summed E-state index contributed by atoms with van der Waals surface area (Å²) in [6.45, 7) is 3.00. The first-order chi connectivity index (χ1) is 12.2. The summed E-state index contributed by atoms with van der Waals surface area (Å²) < 4.78 is 19.2. The molecule has 6 heteroatoms. The Labute approximate surface area is 158 Å². The van der Waals surface area contributed by atoms with Gasteiger partial charge >= 0.3 is 0 Å². The molecule has 2 N–H and O–H groups in total. The molecule has 2 aliphatic rings. The fourth-order valence-electron chi connectivity index (χ4n) is 3.75. The van der Waals surface area contributed by atoms with Crippen molar-refractivity contribution in [1.29, 1.82) is 0 Å². The van der Waals surface area contributed by atoms with Crippen molar-refractivity contribution in [1.82, 2.24) is 10.6 Å². The van der Waals surface area contributed by atoms with Crippen LogP contribution in [-0.2, 0) is 6.54 Å². The van der Waals surface area contributed by atoms with Crippen molar-refractivity contribution in [3.8, 4) is 5.75 Å². The number of piperidine rings is 1. The highest BCUT2D eigenvalue weighted by molar-refractivity contribution is 5.98. The van der Waals surface area contributed by atoms with Crippen LogP contribution in [-0.4, -0.2) is 25.6 Å². The molecule has 1 fully saturated rings. The summed E-state index contributed by atoms with van der Waals surface area (Å²) in [5.41, 5.74) is 2.88. The van der Waals surface area contributed by atoms with E-state index < -0.39 is 0 Å². The number of hydrogen-bond acceptors (Lipinski definition) is 3. The van der Waals surface area contributed by atoms with E-state index in [1.807, 2.05) is 30.3 Å². The van der Waals surface area contributed by atoms with Crippen LogP contribution in [0.2, 0.25) is 0 Å². The van der Waals surface area contributed by atoms with Crippen LogP contribution in [0.4, 0.5) is 4.39 Å². The van der Waals surface area contributed by atoms with Gasteiger partial charge in [0.1, 0.15) is 11.6 Å². The van der Waals surface area contributed by atoms with E-state index in [4.69, 9.17) is 4.74 Å². The lowest BCUT2D eigenvalue weighted by Gasteiger charge is -2.32. The molecular formula is C20H22ClFN2O2. The predicted molar refractivity (Wildman–Crippen MR) is 100 cm³/mol. The first kappa shape index (κ1) is 18.7. The van der Waals surface area contributed by atoms with Crippen LogP contribution in [0.15, 0.2) is 42.5 Å². The van der Waals surface area contributed by atoms with Crippen molar-refractivity contribution in [3.63, 3.8) is 0 Å². The summed E-state index contributed by atoms with van der Waals surface area (Å²) >= 11 is 0. The molecule has 138 valence electrons. The van der Waals surface area contributed by atoms with Crippen molar-refractivity contribution in [2.24, 2.45) is 5.92 Å². The summed E-state index contributed by atoms with van der Waals surface area (Å²) in [6.07, 6.45) is 1.02. The average Bonchev–Trinajstić information content (AvgIpc) is 3.01. The summed E-state index contributed by atoms with van der Waals surface area (Å²) in [7, 11) is 0. The van der Waals surface area contributed by atoms with E-state index in [1.54, 1.807) is 0 Å². The van der Waals surface area contributed by atoms with E-state index in [1.165, 1.54) is 17.7 Å². The fraction of sp³-hybridized carbons (Fsp3) is 0.350. The van der Waals surface area contributed by atoms with Crippen LogP contribution in [0.1, 0.15) is 33.8 Å². The topological polar surface area (TPSA) is 50.4 Å². The Morgan fingerprint density at radius 1 is 1.15 bits per heavy atom. The number of fused-ring (bicyclic) bond motifs is 1. The Kier molecular flexibility index (Phi) is 5.79. The minimum absolute atomic E-state index is 0. The second kappa shape index (κ2) is 8.06. The Morgan fingerprint density at radius 2 is 1.96 bits per heavy atom. The Bertz CT molecular complexity index is 782. The van der Waals surface area contributed by atoms with Gasteiger partial charge < -0.3 is 15.4 Å². The van der Waals surface area contributed by atoms with E-state index in [-0.39, 0.29) is 24.1 Å². The van der Waals surface area contributed by atoms with E-state index in [2.05, 4.69) is 10.6 Å². The highest BCUT2D eigenvalue weighted by atomic mass is 35.5. The van der Waals surface area contributed by atoms with Crippen molar-refractivity contribution in [2.75, 3.05) is 19.7 Å². The molecule has 0 unspecified atom stereocenters. The second-order valence-electron chi connectivity index (χ2n) is 6.72. The number of amides is 1. The van der Waals surface area contributed by atoms with E-state index in [0.29, 0.717) is 25.0 Å². The molecule has 1 amide bonds. The molecule has 2 aromatic carbocycles. The zero-order chi connectivity index (χ0) is 17.2. The number of carbonyl (C=O) groups excluding carboxylic acids is 1. The van der Waals surface area contributed by atoms with Gasteiger partial charge in [-0.15, -0.1) is 12.4 Å².